The minimum absolute atomic E-state index is 0.810. The molecule has 0 saturated carbocycles. The Morgan fingerprint density at radius 1 is 0.469 bits per heavy atom. The number of para-hydroxylation sites is 4. The summed E-state index contributed by atoms with van der Waals surface area (Å²) in [5.41, 5.74) is 4.59. The molecule has 0 atom stereocenters. The lowest BCUT2D eigenvalue weighted by Gasteiger charge is -2.01. The number of benzene rings is 4. The minimum atomic E-state index is 0.810. The summed E-state index contributed by atoms with van der Waals surface area (Å²) in [6.07, 6.45) is 2.13. The van der Waals surface area contributed by atoms with E-state index in [-0.39, 0.29) is 0 Å². The lowest BCUT2D eigenvalue weighted by molar-refractivity contribution is 0.669. The number of aryl methyl sites for hydroxylation is 4. The molecule has 0 N–H and O–H groups in total. The average Bonchev–Trinajstić information content (AvgIpc) is 3.71. The van der Waals surface area contributed by atoms with Gasteiger partial charge in [0, 0.05) is 45.5 Å². The Morgan fingerprint density at radius 3 is 1.14 bits per heavy atom. The molecule has 49 heavy (non-hydrogen) atoms. The fraction of sp³-hybridized carbons (Fsp3) is 0.386. The molecule has 0 fully saturated rings. The summed E-state index contributed by atoms with van der Waals surface area (Å²) in [7, 11) is 0. The second kappa shape index (κ2) is 26.4. The zero-order valence-electron chi connectivity index (χ0n) is 33.1. The first-order valence-electron chi connectivity index (χ1n) is 18.5. The number of rotatable bonds is 2. The van der Waals surface area contributed by atoms with Gasteiger partial charge in [0.25, 0.3) is 0 Å². The number of fused-ring (bicyclic) bond motifs is 6. The highest BCUT2D eigenvalue weighted by Gasteiger charge is 2.07. The van der Waals surface area contributed by atoms with Crippen LogP contribution in [-0.2, 0) is 13.0 Å². The smallest absolute Gasteiger partial charge is 0.135 e. The molecule has 0 aliphatic carbocycles. The van der Waals surface area contributed by atoms with Crippen molar-refractivity contribution in [2.24, 2.45) is 0 Å². The highest BCUT2D eigenvalue weighted by atomic mass is 16.3. The molecule has 0 radical (unpaired) electrons. The molecule has 4 aromatic carbocycles. The normalized spacial score (nSPS) is 9.27. The molecule has 0 aliphatic heterocycles. The van der Waals surface area contributed by atoms with Crippen LogP contribution in [0.15, 0.2) is 101 Å². The van der Waals surface area contributed by atoms with Crippen LogP contribution in [0, 0.1) is 13.8 Å². The van der Waals surface area contributed by atoms with Crippen LogP contribution in [0.3, 0.4) is 0 Å². The standard InChI is InChI=1S/C14H13N.C12H8O.C7H11N3.C3H8.4C2H6/c1-2-15-13-9-5-3-7-11(13)12-8-4-6-10-14(12)15;1-3-7-11-9(5-1)10-6-2-4-8-12(10)13-11;1-4-7-9-5(2)8-6(3)10-7;1-3-2;4*1-2/h3-10H,2H2,1H3;1-8H;4H2,1-3H3;3H2,1-2H3;4*1-2H3. The van der Waals surface area contributed by atoms with Gasteiger partial charge in [0.15, 0.2) is 0 Å². The van der Waals surface area contributed by atoms with Crippen LogP contribution in [0.4, 0.5) is 0 Å². The summed E-state index contributed by atoms with van der Waals surface area (Å²) in [6.45, 7) is 29.3. The van der Waals surface area contributed by atoms with Crippen molar-refractivity contribution in [3.8, 4) is 0 Å². The lowest BCUT2D eigenvalue weighted by Crippen LogP contribution is -2.00. The molecule has 0 unspecified atom stereocenters. The molecule has 266 valence electrons. The molecule has 3 heterocycles. The first kappa shape index (κ1) is 44.5. The van der Waals surface area contributed by atoms with E-state index in [2.05, 4.69) is 101 Å². The second-order valence-electron chi connectivity index (χ2n) is 9.78. The molecule has 0 spiro atoms. The zero-order chi connectivity index (χ0) is 37.2. The Hall–Kier alpha value is -4.51. The molecule has 0 saturated heterocycles. The maximum Gasteiger partial charge on any atom is 0.135 e. The highest BCUT2D eigenvalue weighted by molar-refractivity contribution is 6.08. The summed E-state index contributed by atoms with van der Waals surface area (Å²) >= 11 is 0. The Kier molecular flexibility index (Phi) is 24.0. The fourth-order valence-corrected chi connectivity index (χ4v) is 4.86. The van der Waals surface area contributed by atoms with Crippen molar-refractivity contribution < 1.29 is 4.42 Å². The largest absolute Gasteiger partial charge is 0.456 e. The minimum Gasteiger partial charge on any atom is -0.456 e. The first-order chi connectivity index (χ1) is 24.0. The maximum atomic E-state index is 5.65. The van der Waals surface area contributed by atoms with Gasteiger partial charge >= 0.3 is 0 Å². The number of furan rings is 1. The van der Waals surface area contributed by atoms with E-state index in [1.54, 1.807) is 0 Å². The first-order valence-corrected chi connectivity index (χ1v) is 18.5. The van der Waals surface area contributed by atoms with Crippen LogP contribution in [0.5, 0.6) is 0 Å². The van der Waals surface area contributed by atoms with Gasteiger partial charge in [-0.1, -0.05) is 155 Å². The van der Waals surface area contributed by atoms with E-state index < -0.39 is 0 Å². The summed E-state index contributed by atoms with van der Waals surface area (Å²) in [4.78, 5) is 12.3. The van der Waals surface area contributed by atoms with Crippen LogP contribution in [0.25, 0.3) is 43.7 Å². The van der Waals surface area contributed by atoms with Gasteiger partial charge in [-0.2, -0.15) is 0 Å². The van der Waals surface area contributed by atoms with Gasteiger partial charge in [-0.15, -0.1) is 0 Å². The molecule has 5 nitrogen and oxygen atoms in total. The van der Waals surface area contributed by atoms with Gasteiger partial charge in [-0.25, -0.2) is 15.0 Å². The van der Waals surface area contributed by atoms with Gasteiger partial charge in [-0.3, -0.25) is 0 Å². The van der Waals surface area contributed by atoms with Crippen molar-refractivity contribution in [1.82, 2.24) is 19.5 Å². The molecule has 7 aromatic rings. The number of aromatic nitrogens is 4. The topological polar surface area (TPSA) is 56.7 Å². The summed E-state index contributed by atoms with van der Waals surface area (Å²) < 4.78 is 8.02. The van der Waals surface area contributed by atoms with Crippen LogP contribution < -0.4 is 0 Å². The van der Waals surface area contributed by atoms with Gasteiger partial charge < -0.3 is 8.98 Å². The van der Waals surface area contributed by atoms with Crippen molar-refractivity contribution in [3.05, 3.63) is 115 Å². The van der Waals surface area contributed by atoms with E-state index in [0.29, 0.717) is 0 Å². The van der Waals surface area contributed by atoms with Crippen molar-refractivity contribution >= 4 is 43.7 Å². The van der Waals surface area contributed by atoms with E-state index >= 15 is 0 Å². The Balaban J connectivity index is 0.000000625. The Morgan fingerprint density at radius 2 is 0.796 bits per heavy atom. The molecular weight excluding hydrogens is 601 g/mol. The van der Waals surface area contributed by atoms with Crippen LogP contribution in [0.1, 0.15) is 107 Å². The van der Waals surface area contributed by atoms with E-state index in [1.165, 1.54) is 39.0 Å². The molecule has 3 aromatic heterocycles. The van der Waals surface area contributed by atoms with Crippen molar-refractivity contribution in [1.29, 1.82) is 0 Å². The van der Waals surface area contributed by atoms with Gasteiger partial charge in [0.1, 0.15) is 28.6 Å². The van der Waals surface area contributed by atoms with Gasteiger partial charge in [-0.05, 0) is 45.0 Å². The third-order valence-corrected chi connectivity index (χ3v) is 6.50. The molecular formula is C44H64N4O. The maximum absolute atomic E-state index is 5.65. The highest BCUT2D eigenvalue weighted by Crippen LogP contribution is 2.29. The monoisotopic (exact) mass is 665 g/mol. The third-order valence-electron chi connectivity index (χ3n) is 6.50. The van der Waals surface area contributed by atoms with E-state index in [1.807, 2.05) is 113 Å². The summed E-state index contributed by atoms with van der Waals surface area (Å²) in [6, 6.07) is 33.4. The van der Waals surface area contributed by atoms with Crippen LogP contribution in [-0.4, -0.2) is 19.5 Å². The van der Waals surface area contributed by atoms with Gasteiger partial charge in [0.2, 0.25) is 0 Å². The predicted molar refractivity (Wildman–Crippen MR) is 219 cm³/mol. The number of hydrogen-bond donors (Lipinski definition) is 0. The molecule has 0 amide bonds. The van der Waals surface area contributed by atoms with Gasteiger partial charge in [0.05, 0.1) is 0 Å². The quantitative estimate of drug-likeness (QED) is 0.185. The molecule has 7 rings (SSSR count). The number of hydrogen-bond acceptors (Lipinski definition) is 4. The molecule has 5 heteroatoms. The molecule has 0 aliphatic rings. The summed E-state index contributed by atoms with van der Waals surface area (Å²) in [5.74, 6) is 2.50. The average molecular weight is 665 g/mol. The van der Waals surface area contributed by atoms with E-state index in [9.17, 15) is 0 Å². The number of nitrogens with zero attached hydrogens (tertiary/aromatic N) is 4. The molecule has 0 bridgehead atoms. The lowest BCUT2D eigenvalue weighted by atomic mass is 10.2. The fourth-order valence-electron chi connectivity index (χ4n) is 4.86. The van der Waals surface area contributed by atoms with Crippen molar-refractivity contribution in [3.63, 3.8) is 0 Å². The van der Waals surface area contributed by atoms with Crippen molar-refractivity contribution in [2.75, 3.05) is 0 Å². The van der Waals surface area contributed by atoms with Crippen LogP contribution in [0.2, 0.25) is 0 Å². The van der Waals surface area contributed by atoms with E-state index in [4.69, 9.17) is 4.42 Å². The Bertz CT molecular complexity index is 1730. The van der Waals surface area contributed by atoms with Crippen LogP contribution >= 0.6 is 0 Å². The van der Waals surface area contributed by atoms with Crippen molar-refractivity contribution in [2.45, 2.75) is 116 Å². The Labute approximate surface area is 297 Å². The second-order valence-corrected chi connectivity index (χ2v) is 9.78. The predicted octanol–water partition coefficient (Wildman–Crippen LogP) is 14.0. The third kappa shape index (κ3) is 13.1. The zero-order valence-corrected chi connectivity index (χ0v) is 33.1. The SMILES string of the molecule is CC.CC.CC.CC.CCC.CCc1nc(C)nc(C)n1.CCn1c2ccccc2c2ccccc21.c1ccc2c(c1)oc1ccccc12. The van der Waals surface area contributed by atoms with E-state index in [0.717, 1.165) is 41.6 Å². The summed E-state index contributed by atoms with van der Waals surface area (Å²) in [5, 5.41) is 5.10.